The van der Waals surface area contributed by atoms with E-state index in [2.05, 4.69) is 11.7 Å². The molecular formula is C25H40F2O7S. The van der Waals surface area contributed by atoms with Gasteiger partial charge in [0.1, 0.15) is 6.10 Å². The number of halogens is 2. The van der Waals surface area contributed by atoms with Gasteiger partial charge in [-0.25, -0.2) is 0 Å². The Hall–Kier alpha value is -1.29. The van der Waals surface area contributed by atoms with Crippen molar-refractivity contribution in [2.24, 2.45) is 29.1 Å². The zero-order valence-electron chi connectivity index (χ0n) is 20.8. The maximum atomic E-state index is 13.5. The minimum Gasteiger partial charge on any atom is -0.462 e. The van der Waals surface area contributed by atoms with E-state index in [9.17, 15) is 26.8 Å². The molecule has 2 bridgehead atoms. The van der Waals surface area contributed by atoms with E-state index in [1.165, 1.54) is 38.5 Å². The molecule has 0 heterocycles. The number of ether oxygens (including phenoxy) is 2. The monoisotopic (exact) mass is 522 g/mol. The van der Waals surface area contributed by atoms with Crippen LogP contribution in [-0.4, -0.2) is 42.9 Å². The lowest BCUT2D eigenvalue weighted by molar-refractivity contribution is -0.169. The van der Waals surface area contributed by atoms with Gasteiger partial charge >= 0.3 is 27.3 Å². The lowest BCUT2D eigenvalue weighted by Crippen LogP contribution is -2.45. The summed E-state index contributed by atoms with van der Waals surface area (Å²) < 4.78 is 67.4. The van der Waals surface area contributed by atoms with Gasteiger partial charge in [-0.05, 0) is 75.5 Å². The van der Waals surface area contributed by atoms with Crippen LogP contribution in [0, 0.1) is 29.1 Å². The summed E-state index contributed by atoms with van der Waals surface area (Å²) in [6.07, 6.45) is 11.7. The summed E-state index contributed by atoms with van der Waals surface area (Å²) in [4.78, 5) is 25.0. The van der Waals surface area contributed by atoms with Crippen molar-refractivity contribution < 1.29 is 40.8 Å². The van der Waals surface area contributed by atoms with E-state index in [0.29, 0.717) is 38.0 Å². The van der Waals surface area contributed by atoms with Gasteiger partial charge in [0, 0.05) is 6.42 Å². The highest BCUT2D eigenvalue weighted by molar-refractivity contribution is 7.86. The molecule has 3 rings (SSSR count). The lowest BCUT2D eigenvalue weighted by Gasteiger charge is -2.46. The van der Waals surface area contributed by atoms with Crippen LogP contribution in [0.1, 0.15) is 97.3 Å². The molecule has 0 aromatic carbocycles. The zero-order valence-corrected chi connectivity index (χ0v) is 21.7. The first-order valence-electron chi connectivity index (χ1n) is 13.0. The Morgan fingerprint density at radius 2 is 1.69 bits per heavy atom. The van der Waals surface area contributed by atoms with Gasteiger partial charge in [0.15, 0.2) is 6.61 Å². The molecule has 3 aliphatic rings. The Balaban J connectivity index is 1.43. The van der Waals surface area contributed by atoms with Gasteiger partial charge in [0.05, 0.1) is 5.41 Å². The van der Waals surface area contributed by atoms with Crippen LogP contribution in [-0.2, 0) is 29.2 Å². The maximum Gasteiger partial charge on any atom is 0.402 e. The summed E-state index contributed by atoms with van der Waals surface area (Å²) in [6, 6.07) is 0. The van der Waals surface area contributed by atoms with E-state index in [0.717, 1.165) is 18.8 Å². The summed E-state index contributed by atoms with van der Waals surface area (Å²) in [5.74, 6) is 0.386. The van der Waals surface area contributed by atoms with Crippen molar-refractivity contribution in [2.75, 3.05) is 6.61 Å². The molecule has 0 aliphatic heterocycles. The van der Waals surface area contributed by atoms with Crippen LogP contribution in [0.25, 0.3) is 0 Å². The summed E-state index contributed by atoms with van der Waals surface area (Å²) >= 11 is 0. The molecule has 0 aromatic rings. The highest BCUT2D eigenvalue weighted by Gasteiger charge is 2.50. The average Bonchev–Trinajstić information content (AvgIpc) is 2.75. The zero-order chi connectivity index (χ0) is 25.9. The fourth-order valence-electron chi connectivity index (χ4n) is 6.57. The molecule has 3 fully saturated rings. The van der Waals surface area contributed by atoms with Gasteiger partial charge in [0.2, 0.25) is 0 Å². The smallest absolute Gasteiger partial charge is 0.402 e. The summed E-state index contributed by atoms with van der Waals surface area (Å²) in [5, 5.41) is -4.54. The van der Waals surface area contributed by atoms with E-state index in [-0.39, 0.29) is 23.9 Å². The van der Waals surface area contributed by atoms with E-state index >= 15 is 0 Å². The van der Waals surface area contributed by atoms with Gasteiger partial charge in [-0.2, -0.15) is 17.2 Å². The molecule has 0 aromatic heterocycles. The molecule has 35 heavy (non-hydrogen) atoms. The number of hydrogen-bond acceptors (Lipinski definition) is 6. The van der Waals surface area contributed by atoms with Crippen LogP contribution in [0.3, 0.4) is 0 Å². The predicted octanol–water partition coefficient (Wildman–Crippen LogP) is 5.53. The second kappa shape index (κ2) is 11.4. The molecule has 0 saturated heterocycles. The van der Waals surface area contributed by atoms with Crippen LogP contribution in [0.5, 0.6) is 0 Å². The van der Waals surface area contributed by atoms with Crippen molar-refractivity contribution in [3.8, 4) is 0 Å². The first-order valence-corrected chi connectivity index (χ1v) is 14.4. The SMILES string of the molecule is CC(CCC(=O)OC1CC2CC(C1)CC(C)(C(=O)OCC(F)(F)S(=O)(=O)O)C2)CC1CCCCC1. The topological polar surface area (TPSA) is 107 Å². The summed E-state index contributed by atoms with van der Waals surface area (Å²) in [5.41, 5.74) is -1.02. The van der Waals surface area contributed by atoms with Gasteiger partial charge in [-0.1, -0.05) is 39.0 Å². The molecule has 3 atom stereocenters. The second-order valence-electron chi connectivity index (χ2n) is 11.6. The fraction of sp³-hybridized carbons (Fsp3) is 0.920. The van der Waals surface area contributed by atoms with Crippen molar-refractivity contribution in [3.05, 3.63) is 0 Å². The number of alkyl halides is 2. The van der Waals surface area contributed by atoms with E-state index in [1.807, 2.05) is 0 Å². The second-order valence-corrected chi connectivity index (χ2v) is 13.1. The van der Waals surface area contributed by atoms with Gasteiger partial charge < -0.3 is 9.47 Å². The number of hydrogen-bond donors (Lipinski definition) is 1. The Kier molecular flexibility index (Phi) is 9.21. The lowest BCUT2D eigenvalue weighted by atomic mass is 9.61. The van der Waals surface area contributed by atoms with Crippen LogP contribution in [0.15, 0.2) is 0 Å². The quantitative estimate of drug-likeness (QED) is 0.297. The number of carbonyl (C=O) groups excluding carboxylic acids is 2. The Morgan fingerprint density at radius 1 is 1.09 bits per heavy atom. The average molecular weight is 523 g/mol. The van der Waals surface area contributed by atoms with Crippen molar-refractivity contribution in [1.29, 1.82) is 0 Å². The largest absolute Gasteiger partial charge is 0.462 e. The number of esters is 2. The normalized spacial score (nSPS) is 30.9. The van der Waals surface area contributed by atoms with E-state index in [4.69, 9.17) is 9.29 Å². The van der Waals surface area contributed by atoms with Gasteiger partial charge in [-0.15, -0.1) is 0 Å². The molecule has 3 aliphatic carbocycles. The van der Waals surface area contributed by atoms with Gasteiger partial charge in [0.25, 0.3) is 0 Å². The third-order valence-corrected chi connectivity index (χ3v) is 9.05. The van der Waals surface area contributed by atoms with E-state index in [1.54, 1.807) is 6.92 Å². The fourth-order valence-corrected chi connectivity index (χ4v) is 6.78. The molecule has 0 spiro atoms. The number of rotatable bonds is 10. The highest BCUT2D eigenvalue weighted by Crippen LogP contribution is 2.50. The van der Waals surface area contributed by atoms with Crippen molar-refractivity contribution >= 4 is 22.1 Å². The van der Waals surface area contributed by atoms with Crippen molar-refractivity contribution in [1.82, 2.24) is 0 Å². The first kappa shape index (κ1) is 28.3. The third-order valence-electron chi connectivity index (χ3n) is 8.18. The van der Waals surface area contributed by atoms with Crippen LogP contribution in [0.2, 0.25) is 0 Å². The van der Waals surface area contributed by atoms with E-state index < -0.39 is 33.4 Å². The molecule has 0 amide bonds. The molecule has 202 valence electrons. The molecule has 10 heteroatoms. The number of carbonyl (C=O) groups is 2. The van der Waals surface area contributed by atoms with Crippen molar-refractivity contribution in [2.45, 2.75) is 109 Å². The molecule has 7 nitrogen and oxygen atoms in total. The van der Waals surface area contributed by atoms with Crippen LogP contribution < -0.4 is 0 Å². The third kappa shape index (κ3) is 7.84. The molecule has 3 unspecified atom stereocenters. The predicted molar refractivity (Wildman–Crippen MR) is 125 cm³/mol. The summed E-state index contributed by atoms with van der Waals surface area (Å²) in [7, 11) is -5.66. The Morgan fingerprint density at radius 3 is 2.26 bits per heavy atom. The van der Waals surface area contributed by atoms with Crippen LogP contribution in [0.4, 0.5) is 8.78 Å². The Bertz CT molecular complexity index is 840. The minimum absolute atomic E-state index is 0.0881. The molecule has 1 N–H and O–H groups in total. The van der Waals surface area contributed by atoms with Crippen LogP contribution >= 0.6 is 0 Å². The Labute approximate surface area is 207 Å². The van der Waals surface area contributed by atoms with Gasteiger partial charge in [-0.3, -0.25) is 14.1 Å². The summed E-state index contributed by atoms with van der Waals surface area (Å²) in [6.45, 7) is 2.13. The molecule has 3 saturated carbocycles. The minimum atomic E-state index is -5.66. The first-order chi connectivity index (χ1) is 16.3. The molecular weight excluding hydrogens is 482 g/mol. The number of fused-ring (bicyclic) bond motifs is 2. The highest BCUT2D eigenvalue weighted by atomic mass is 32.2. The standard InChI is InChI=1S/C25H40F2O7S/c1-17(10-18-6-4-3-5-7-18)8-9-22(28)34-21-12-19-11-20(13-21)15-24(2,14-19)23(29)33-16-25(26,27)35(30,31)32/h17-21H,3-16H2,1-2H3,(H,30,31,32). The van der Waals surface area contributed by atoms with Crippen molar-refractivity contribution in [3.63, 3.8) is 0 Å². The maximum absolute atomic E-state index is 13.5. The molecule has 0 radical (unpaired) electrons.